The van der Waals surface area contributed by atoms with Gasteiger partial charge in [-0.15, -0.1) is 11.3 Å². The highest BCUT2D eigenvalue weighted by Crippen LogP contribution is 2.49. The van der Waals surface area contributed by atoms with Gasteiger partial charge in [-0.2, -0.15) is 0 Å². The Balaban J connectivity index is 1.13. The van der Waals surface area contributed by atoms with E-state index in [0.29, 0.717) is 0 Å². The summed E-state index contributed by atoms with van der Waals surface area (Å²) in [5, 5.41) is 8.94. The first-order valence-electron chi connectivity index (χ1n) is 20.3. The van der Waals surface area contributed by atoms with Crippen LogP contribution in [-0.4, -0.2) is 4.57 Å². The second-order valence-electron chi connectivity index (χ2n) is 15.5. The van der Waals surface area contributed by atoms with Gasteiger partial charge in [-0.1, -0.05) is 140 Å². The third-order valence-corrected chi connectivity index (χ3v) is 13.0. The predicted molar refractivity (Wildman–Crippen MR) is 255 cm³/mol. The number of nitrogens with zero attached hydrogens (tertiary/aromatic N) is 1. The molecule has 0 unspecified atom stereocenters. The third kappa shape index (κ3) is 6.02. The van der Waals surface area contributed by atoms with Crippen LogP contribution >= 0.6 is 11.3 Å². The second kappa shape index (κ2) is 14.3. The Morgan fingerprint density at radius 3 is 1.81 bits per heavy atom. The molecule has 2 heterocycles. The van der Waals surface area contributed by atoms with Crippen LogP contribution < -0.4 is 5.32 Å². The number of hydrogen-bond donors (Lipinski definition) is 1. The van der Waals surface area contributed by atoms with E-state index in [1.165, 1.54) is 103 Å². The fourth-order valence-electron chi connectivity index (χ4n) is 9.07. The Hall–Kier alpha value is -7.20. The molecule has 0 aliphatic carbocycles. The van der Waals surface area contributed by atoms with Crippen LogP contribution in [0.1, 0.15) is 11.1 Å². The van der Waals surface area contributed by atoms with E-state index in [-0.39, 0.29) is 0 Å². The molecule has 0 saturated heterocycles. The number of thiophene rings is 1. The minimum atomic E-state index is 1.06. The van der Waals surface area contributed by atoms with Crippen molar-refractivity contribution >= 4 is 64.7 Å². The molecule has 0 amide bonds. The molecule has 3 heteroatoms. The van der Waals surface area contributed by atoms with Gasteiger partial charge >= 0.3 is 0 Å². The Labute approximate surface area is 348 Å². The number of aromatic nitrogens is 1. The largest absolute Gasteiger partial charge is 0.355 e. The van der Waals surface area contributed by atoms with Crippen LogP contribution in [0.4, 0.5) is 11.4 Å². The van der Waals surface area contributed by atoms with E-state index < -0.39 is 0 Å². The van der Waals surface area contributed by atoms with Crippen LogP contribution in [-0.2, 0) is 0 Å². The molecule has 2 aromatic heterocycles. The van der Waals surface area contributed by atoms with Crippen molar-refractivity contribution in [2.24, 2.45) is 0 Å². The van der Waals surface area contributed by atoms with Gasteiger partial charge in [0.05, 0.1) is 11.0 Å². The maximum absolute atomic E-state index is 3.82. The summed E-state index contributed by atoms with van der Waals surface area (Å²) in [5.74, 6) is 0. The molecular formula is C56H40N2S. The molecule has 11 aromatic rings. The molecule has 0 bridgehead atoms. The van der Waals surface area contributed by atoms with Crippen LogP contribution in [0.2, 0.25) is 0 Å². The molecule has 0 radical (unpaired) electrons. The molecular weight excluding hydrogens is 733 g/mol. The van der Waals surface area contributed by atoms with Crippen LogP contribution in [0.25, 0.3) is 92.2 Å². The first-order chi connectivity index (χ1) is 29.1. The molecule has 9 aromatic carbocycles. The van der Waals surface area contributed by atoms with Gasteiger partial charge in [-0.25, -0.2) is 0 Å². The smallest absolute Gasteiger partial charge is 0.0541 e. The molecule has 59 heavy (non-hydrogen) atoms. The van der Waals surface area contributed by atoms with Crippen LogP contribution in [0.15, 0.2) is 200 Å². The Morgan fingerprint density at radius 1 is 0.407 bits per heavy atom. The number of aryl methyl sites for hydroxylation is 2. The lowest BCUT2D eigenvalue weighted by Crippen LogP contribution is -1.97. The third-order valence-electron chi connectivity index (χ3n) is 11.8. The average molecular weight is 773 g/mol. The molecule has 0 aliphatic heterocycles. The number of para-hydroxylation sites is 3. The molecule has 2 nitrogen and oxygen atoms in total. The summed E-state index contributed by atoms with van der Waals surface area (Å²) in [5.41, 5.74) is 18.1. The van der Waals surface area contributed by atoms with Gasteiger partial charge in [0.1, 0.15) is 0 Å². The standard InChI is InChI=1S/C56H40N2S/c1-36-28-29-42(57-50-25-12-9-22-44(50)39-18-7-4-8-19-39)34-47(36)54-37(2)32-49-48-35-43(58-51-26-13-10-23-45(51)46-24-11-14-27-52(46)58)30-31-53(48)59-56(49)55(54)41-21-15-20-40(33-41)38-16-5-3-6-17-38/h3-35,57H,1-2H3. The summed E-state index contributed by atoms with van der Waals surface area (Å²) in [7, 11) is 0. The highest BCUT2D eigenvalue weighted by molar-refractivity contribution is 7.26. The Bertz CT molecular complexity index is 3320. The lowest BCUT2D eigenvalue weighted by molar-refractivity contribution is 1.19. The molecule has 280 valence electrons. The molecule has 0 fully saturated rings. The normalized spacial score (nSPS) is 11.6. The number of fused-ring (bicyclic) bond motifs is 6. The maximum Gasteiger partial charge on any atom is 0.0541 e. The minimum Gasteiger partial charge on any atom is -0.355 e. The zero-order chi connectivity index (χ0) is 39.5. The quantitative estimate of drug-likeness (QED) is 0.171. The van der Waals surface area contributed by atoms with Crippen molar-refractivity contribution in [1.29, 1.82) is 0 Å². The van der Waals surface area contributed by atoms with Gasteiger partial charge in [0, 0.05) is 59.1 Å². The van der Waals surface area contributed by atoms with Crippen LogP contribution in [0.3, 0.4) is 0 Å². The molecule has 0 spiro atoms. The van der Waals surface area contributed by atoms with E-state index in [4.69, 9.17) is 0 Å². The van der Waals surface area contributed by atoms with Crippen LogP contribution in [0.5, 0.6) is 0 Å². The van der Waals surface area contributed by atoms with Gasteiger partial charge in [-0.05, 0) is 119 Å². The lowest BCUT2D eigenvalue weighted by Gasteiger charge is -2.20. The Kier molecular flexibility index (Phi) is 8.49. The van der Waals surface area contributed by atoms with E-state index in [9.17, 15) is 0 Å². The zero-order valence-electron chi connectivity index (χ0n) is 32.9. The maximum atomic E-state index is 3.82. The van der Waals surface area contributed by atoms with E-state index >= 15 is 0 Å². The molecule has 11 rings (SSSR count). The van der Waals surface area contributed by atoms with Crippen LogP contribution in [0, 0.1) is 13.8 Å². The fraction of sp³-hybridized carbons (Fsp3) is 0.0357. The van der Waals surface area contributed by atoms with E-state index in [0.717, 1.165) is 11.4 Å². The summed E-state index contributed by atoms with van der Waals surface area (Å²) in [6.07, 6.45) is 0. The van der Waals surface area contributed by atoms with Gasteiger partial charge in [-0.3, -0.25) is 0 Å². The Morgan fingerprint density at radius 2 is 1.05 bits per heavy atom. The van der Waals surface area contributed by atoms with Gasteiger partial charge < -0.3 is 9.88 Å². The monoisotopic (exact) mass is 772 g/mol. The molecule has 0 atom stereocenters. The van der Waals surface area contributed by atoms with E-state index in [1.807, 2.05) is 11.3 Å². The summed E-state index contributed by atoms with van der Waals surface area (Å²) in [4.78, 5) is 0. The fourth-order valence-corrected chi connectivity index (χ4v) is 10.3. The first-order valence-corrected chi connectivity index (χ1v) is 21.1. The van der Waals surface area contributed by atoms with Crippen molar-refractivity contribution in [3.63, 3.8) is 0 Å². The van der Waals surface area contributed by atoms with Gasteiger partial charge in [0.25, 0.3) is 0 Å². The number of nitrogens with one attached hydrogen (secondary N) is 1. The van der Waals surface area contributed by atoms with Crippen molar-refractivity contribution in [3.05, 3.63) is 211 Å². The van der Waals surface area contributed by atoms with Crippen molar-refractivity contribution in [3.8, 4) is 50.2 Å². The number of hydrogen-bond acceptors (Lipinski definition) is 2. The number of benzene rings is 9. The van der Waals surface area contributed by atoms with E-state index in [2.05, 4.69) is 224 Å². The zero-order valence-corrected chi connectivity index (χ0v) is 33.7. The average Bonchev–Trinajstić information content (AvgIpc) is 3.82. The summed E-state index contributed by atoms with van der Waals surface area (Å²) < 4.78 is 5.01. The van der Waals surface area contributed by atoms with Gasteiger partial charge in [0.15, 0.2) is 0 Å². The molecule has 0 saturated carbocycles. The molecule has 0 aliphatic rings. The minimum absolute atomic E-state index is 1.06. The van der Waals surface area contributed by atoms with Crippen molar-refractivity contribution in [1.82, 2.24) is 4.57 Å². The highest BCUT2D eigenvalue weighted by Gasteiger charge is 2.22. The molecule has 1 N–H and O–H groups in total. The predicted octanol–water partition coefficient (Wildman–Crippen LogP) is 16.2. The number of rotatable bonds is 7. The van der Waals surface area contributed by atoms with Crippen molar-refractivity contribution in [2.45, 2.75) is 13.8 Å². The lowest BCUT2D eigenvalue weighted by atomic mass is 9.86. The van der Waals surface area contributed by atoms with Gasteiger partial charge in [0.2, 0.25) is 0 Å². The highest BCUT2D eigenvalue weighted by atomic mass is 32.1. The van der Waals surface area contributed by atoms with Crippen molar-refractivity contribution < 1.29 is 0 Å². The van der Waals surface area contributed by atoms with E-state index in [1.54, 1.807) is 0 Å². The summed E-state index contributed by atoms with van der Waals surface area (Å²) in [6, 6.07) is 72.9. The number of anilines is 2. The SMILES string of the molecule is Cc1ccc(Nc2ccccc2-c2ccccc2)cc1-c1c(C)cc2c(sc3ccc(-n4c5ccccc5c5ccccc54)cc32)c1-c1cccc(-c2ccccc2)c1. The summed E-state index contributed by atoms with van der Waals surface area (Å²) >= 11 is 1.90. The van der Waals surface area contributed by atoms with Crippen molar-refractivity contribution in [2.75, 3.05) is 5.32 Å². The topological polar surface area (TPSA) is 17.0 Å². The first kappa shape index (κ1) is 35.0. The summed E-state index contributed by atoms with van der Waals surface area (Å²) in [6.45, 7) is 4.54. The second-order valence-corrected chi connectivity index (χ2v) is 16.5.